The van der Waals surface area contributed by atoms with Crippen LogP contribution in [0, 0.1) is 0 Å². The van der Waals surface area contributed by atoms with E-state index in [1.54, 1.807) is 24.3 Å². The van der Waals surface area contributed by atoms with Gasteiger partial charge >= 0.3 is 0 Å². The first-order valence-corrected chi connectivity index (χ1v) is 4.11. The van der Waals surface area contributed by atoms with Crippen LogP contribution in [-0.4, -0.2) is 5.11 Å². The van der Waals surface area contributed by atoms with Crippen molar-refractivity contribution in [2.24, 2.45) is 11.0 Å². The fraction of sp³-hybridized carbons (Fsp3) is 0. The van der Waals surface area contributed by atoms with Crippen molar-refractivity contribution in [1.82, 2.24) is 5.43 Å². The third-order valence-corrected chi connectivity index (χ3v) is 1.44. The molecule has 0 bridgehead atoms. The standard InChI is InChI=1S/C7H8N6S/c8-7(14)10-13(12-11-9)6-4-2-1-3-5-6/h1-5H,(H3,8,10,14). The second-order valence-electron chi connectivity index (χ2n) is 2.30. The Balaban J connectivity index is 2.88. The lowest BCUT2D eigenvalue weighted by atomic mass is 10.3. The van der Waals surface area contributed by atoms with Gasteiger partial charge in [-0.3, -0.25) is 0 Å². The average molecular weight is 208 g/mol. The zero-order valence-corrected chi connectivity index (χ0v) is 7.98. The number of para-hydroxylation sites is 1. The maximum Gasteiger partial charge on any atom is 0.200 e. The Kier molecular flexibility index (Phi) is 3.54. The van der Waals surface area contributed by atoms with Gasteiger partial charge in [0, 0.05) is 5.22 Å². The van der Waals surface area contributed by atoms with Gasteiger partial charge < -0.3 is 5.73 Å². The summed E-state index contributed by atoms with van der Waals surface area (Å²) in [5, 5.41) is 4.55. The highest BCUT2D eigenvalue weighted by atomic mass is 32.1. The molecule has 0 saturated carbocycles. The number of hydrogen-bond acceptors (Lipinski definition) is 2. The molecule has 0 saturated heterocycles. The molecule has 3 N–H and O–H groups in total. The highest BCUT2D eigenvalue weighted by molar-refractivity contribution is 7.80. The average Bonchev–Trinajstić information content (AvgIpc) is 2.18. The van der Waals surface area contributed by atoms with Crippen LogP contribution in [0.1, 0.15) is 0 Å². The molecule has 0 aromatic heterocycles. The molecule has 0 fully saturated rings. The van der Waals surface area contributed by atoms with E-state index >= 15 is 0 Å². The number of nitrogens with two attached hydrogens (primary N) is 1. The minimum atomic E-state index is 0.0289. The Morgan fingerprint density at radius 2 is 2.14 bits per heavy atom. The number of nitrogens with zero attached hydrogens (tertiary/aromatic N) is 4. The molecule has 0 heterocycles. The van der Waals surface area contributed by atoms with Gasteiger partial charge in [0.2, 0.25) is 5.11 Å². The fourth-order valence-electron chi connectivity index (χ4n) is 0.852. The van der Waals surface area contributed by atoms with E-state index in [1.807, 2.05) is 6.07 Å². The van der Waals surface area contributed by atoms with Crippen molar-refractivity contribution in [3.63, 3.8) is 0 Å². The van der Waals surface area contributed by atoms with E-state index < -0.39 is 0 Å². The van der Waals surface area contributed by atoms with E-state index in [2.05, 4.69) is 27.8 Å². The lowest BCUT2D eigenvalue weighted by molar-refractivity contribution is 0.807. The second-order valence-corrected chi connectivity index (χ2v) is 2.74. The monoisotopic (exact) mass is 208 g/mol. The van der Waals surface area contributed by atoms with Crippen molar-refractivity contribution in [3.05, 3.63) is 40.8 Å². The van der Waals surface area contributed by atoms with Crippen molar-refractivity contribution in [3.8, 4) is 0 Å². The Hall–Kier alpha value is -1.98. The summed E-state index contributed by atoms with van der Waals surface area (Å²) in [6.45, 7) is 0. The van der Waals surface area contributed by atoms with E-state index in [1.165, 1.54) is 0 Å². The van der Waals surface area contributed by atoms with E-state index in [4.69, 9.17) is 11.3 Å². The van der Waals surface area contributed by atoms with Crippen LogP contribution >= 0.6 is 12.2 Å². The predicted molar refractivity (Wildman–Crippen MR) is 58.0 cm³/mol. The molecule has 14 heavy (non-hydrogen) atoms. The molecule has 0 amide bonds. The zero-order valence-electron chi connectivity index (χ0n) is 7.16. The van der Waals surface area contributed by atoms with Gasteiger partial charge in [0.15, 0.2) is 5.69 Å². The van der Waals surface area contributed by atoms with Crippen LogP contribution in [0.15, 0.2) is 35.6 Å². The van der Waals surface area contributed by atoms with Crippen LogP contribution in [0.25, 0.3) is 10.4 Å². The summed E-state index contributed by atoms with van der Waals surface area (Å²) in [6.07, 6.45) is 0. The molecular formula is C7H8N6S. The predicted octanol–water partition coefficient (Wildman–Crippen LogP) is 1.47. The number of nitrogens with one attached hydrogen (secondary N) is 1. The highest BCUT2D eigenvalue weighted by Gasteiger charge is 2.07. The number of hydrogen-bond donors (Lipinski definition) is 2. The van der Waals surface area contributed by atoms with E-state index in [9.17, 15) is 0 Å². The molecule has 0 aliphatic heterocycles. The fourth-order valence-corrected chi connectivity index (χ4v) is 0.939. The first kappa shape index (κ1) is 10.1. The molecular weight excluding hydrogens is 200 g/mol. The number of azide groups is 1. The van der Waals surface area contributed by atoms with Gasteiger partial charge in [0.25, 0.3) is 0 Å². The third kappa shape index (κ3) is 2.81. The molecule has 1 aromatic carbocycles. The zero-order chi connectivity index (χ0) is 10.4. The number of anilines is 1. The molecule has 0 aliphatic carbocycles. The molecule has 6 nitrogen and oxygen atoms in total. The number of rotatable bonds is 3. The van der Waals surface area contributed by atoms with Crippen LogP contribution in [0.3, 0.4) is 0 Å². The quantitative estimate of drug-likeness (QED) is 0.259. The Labute approximate surface area is 85.9 Å². The summed E-state index contributed by atoms with van der Waals surface area (Å²) >= 11 is 4.63. The maximum atomic E-state index is 8.30. The van der Waals surface area contributed by atoms with Crippen LogP contribution < -0.4 is 16.3 Å². The molecule has 0 unspecified atom stereocenters. The smallest absolute Gasteiger partial charge is 0.200 e. The van der Waals surface area contributed by atoms with Gasteiger partial charge in [-0.2, -0.15) is 10.3 Å². The summed E-state index contributed by atoms with van der Waals surface area (Å²) < 4.78 is 0. The van der Waals surface area contributed by atoms with Crippen molar-refractivity contribution < 1.29 is 0 Å². The normalized spacial score (nSPS) is 8.57. The van der Waals surface area contributed by atoms with Gasteiger partial charge in [-0.15, -0.1) is 10.6 Å². The van der Waals surface area contributed by atoms with E-state index in [0.29, 0.717) is 5.69 Å². The molecule has 0 aliphatic rings. The van der Waals surface area contributed by atoms with Gasteiger partial charge in [0.05, 0.1) is 0 Å². The SMILES string of the molecule is [N-]=[N+]=NN(NC(N)=S)c1ccccc1. The molecule has 72 valence electrons. The van der Waals surface area contributed by atoms with Gasteiger partial charge in [0.1, 0.15) is 0 Å². The van der Waals surface area contributed by atoms with E-state index in [0.717, 1.165) is 5.12 Å². The van der Waals surface area contributed by atoms with Crippen LogP contribution in [-0.2, 0) is 0 Å². The number of hydrazine groups is 1. The van der Waals surface area contributed by atoms with Crippen molar-refractivity contribution in [2.45, 2.75) is 0 Å². The summed E-state index contributed by atoms with van der Waals surface area (Å²) in [7, 11) is 0. The largest absolute Gasteiger partial charge is 0.374 e. The molecule has 0 spiro atoms. The van der Waals surface area contributed by atoms with Crippen LogP contribution in [0.2, 0.25) is 0 Å². The lowest BCUT2D eigenvalue weighted by Gasteiger charge is -2.12. The third-order valence-electron chi connectivity index (χ3n) is 1.35. The minimum absolute atomic E-state index is 0.0289. The molecule has 0 atom stereocenters. The molecule has 0 radical (unpaired) electrons. The molecule has 1 aromatic rings. The first-order valence-electron chi connectivity index (χ1n) is 3.70. The Bertz CT molecular complexity index is 358. The lowest BCUT2D eigenvalue weighted by Crippen LogP contribution is -2.41. The molecule has 7 heteroatoms. The Morgan fingerprint density at radius 3 is 2.64 bits per heavy atom. The molecule has 1 rings (SSSR count). The second kappa shape index (κ2) is 4.90. The van der Waals surface area contributed by atoms with Crippen molar-refractivity contribution >= 4 is 23.0 Å². The highest BCUT2D eigenvalue weighted by Crippen LogP contribution is 2.10. The topological polar surface area (TPSA) is 90.0 Å². The summed E-state index contributed by atoms with van der Waals surface area (Å²) in [6, 6.07) is 8.95. The van der Waals surface area contributed by atoms with Gasteiger partial charge in [-0.1, -0.05) is 18.2 Å². The van der Waals surface area contributed by atoms with Gasteiger partial charge in [-0.25, -0.2) is 0 Å². The number of thiocarbonyl (C=S) groups is 1. The van der Waals surface area contributed by atoms with Crippen LogP contribution in [0.4, 0.5) is 5.69 Å². The van der Waals surface area contributed by atoms with Crippen molar-refractivity contribution in [2.75, 3.05) is 5.12 Å². The summed E-state index contributed by atoms with van der Waals surface area (Å²) in [5.74, 6) is 0. The summed E-state index contributed by atoms with van der Waals surface area (Å²) in [5.41, 5.74) is 16.7. The van der Waals surface area contributed by atoms with Gasteiger partial charge in [-0.05, 0) is 24.4 Å². The maximum absolute atomic E-state index is 8.30. The summed E-state index contributed by atoms with van der Waals surface area (Å²) in [4.78, 5) is 2.64. The minimum Gasteiger partial charge on any atom is -0.374 e. The first-order chi connectivity index (χ1) is 6.74. The van der Waals surface area contributed by atoms with Crippen molar-refractivity contribution in [1.29, 1.82) is 0 Å². The van der Waals surface area contributed by atoms with Crippen LogP contribution in [0.5, 0.6) is 0 Å². The Morgan fingerprint density at radius 1 is 1.50 bits per heavy atom. The number of benzene rings is 1. The van der Waals surface area contributed by atoms with E-state index in [-0.39, 0.29) is 5.11 Å².